The fraction of sp³-hybridized carbons (Fsp3) is 0.238. The van der Waals surface area contributed by atoms with E-state index in [0.717, 1.165) is 11.0 Å². The fourth-order valence-corrected chi connectivity index (χ4v) is 3.05. The van der Waals surface area contributed by atoms with Crippen LogP contribution >= 0.6 is 11.8 Å². The van der Waals surface area contributed by atoms with Crippen molar-refractivity contribution in [3.05, 3.63) is 66.2 Å². The molecule has 0 spiro atoms. The summed E-state index contributed by atoms with van der Waals surface area (Å²) in [6.07, 6.45) is 3.24. The number of aromatic hydroxyl groups is 1. The predicted octanol–water partition coefficient (Wildman–Crippen LogP) is 4.49. The van der Waals surface area contributed by atoms with Gasteiger partial charge in [0.15, 0.2) is 0 Å². The minimum absolute atomic E-state index is 0.0823. The van der Waals surface area contributed by atoms with Crippen LogP contribution in [0.25, 0.3) is 0 Å². The third-order valence-corrected chi connectivity index (χ3v) is 4.95. The minimum atomic E-state index is -0.802. The standard InChI is InChI=1S/C21H24N2O5S/c1-21(2,13-12-18(25)23-27)19(14-4-8-16(24)9-5-14)28-20(26)22-15-6-10-17(29-3)11-7-15/h4-13,19,24,27H,1-3H3,(H,22,26)(H,23,25)/b13-12+/t19-/m1/s1. The molecule has 1 atom stereocenters. The molecule has 0 bridgehead atoms. The number of ether oxygens (including phenoxy) is 1. The Morgan fingerprint density at radius 2 is 1.72 bits per heavy atom. The highest BCUT2D eigenvalue weighted by Crippen LogP contribution is 2.38. The Bertz CT molecular complexity index is 864. The van der Waals surface area contributed by atoms with E-state index in [9.17, 15) is 14.7 Å². The van der Waals surface area contributed by atoms with Crippen LogP contribution in [-0.2, 0) is 9.53 Å². The summed E-state index contributed by atoms with van der Waals surface area (Å²) in [6, 6.07) is 13.6. The van der Waals surface area contributed by atoms with Crippen molar-refractivity contribution in [3.63, 3.8) is 0 Å². The smallest absolute Gasteiger partial charge is 0.412 e. The number of amides is 2. The second-order valence-electron chi connectivity index (χ2n) is 6.86. The SMILES string of the molecule is CSc1ccc(NC(=O)O[C@H](c2ccc(O)cc2)C(C)(C)/C=C/C(=O)NO)cc1. The van der Waals surface area contributed by atoms with Crippen LogP contribution in [-0.4, -0.2) is 28.6 Å². The Balaban J connectivity index is 2.24. The third-order valence-electron chi connectivity index (χ3n) is 4.21. The maximum Gasteiger partial charge on any atom is 0.412 e. The number of hydroxylamine groups is 1. The van der Waals surface area contributed by atoms with E-state index in [-0.39, 0.29) is 5.75 Å². The number of hydrogen-bond acceptors (Lipinski definition) is 6. The van der Waals surface area contributed by atoms with Crippen molar-refractivity contribution in [1.29, 1.82) is 0 Å². The molecular weight excluding hydrogens is 392 g/mol. The van der Waals surface area contributed by atoms with E-state index in [0.29, 0.717) is 11.3 Å². The molecule has 29 heavy (non-hydrogen) atoms. The topological polar surface area (TPSA) is 108 Å². The zero-order chi connectivity index (χ0) is 21.4. The third kappa shape index (κ3) is 6.55. The fourth-order valence-electron chi connectivity index (χ4n) is 2.64. The molecule has 8 heteroatoms. The molecule has 0 aliphatic heterocycles. The van der Waals surface area contributed by atoms with Gasteiger partial charge in [-0.1, -0.05) is 32.1 Å². The summed E-state index contributed by atoms with van der Waals surface area (Å²) in [5.41, 5.74) is 1.95. The van der Waals surface area contributed by atoms with Gasteiger partial charge in [-0.25, -0.2) is 10.3 Å². The molecule has 2 rings (SSSR count). The molecule has 4 N–H and O–H groups in total. The number of rotatable bonds is 7. The van der Waals surface area contributed by atoms with Crippen LogP contribution in [0.2, 0.25) is 0 Å². The molecule has 7 nitrogen and oxygen atoms in total. The van der Waals surface area contributed by atoms with E-state index in [1.807, 2.05) is 18.4 Å². The highest BCUT2D eigenvalue weighted by molar-refractivity contribution is 7.98. The molecule has 2 aromatic carbocycles. The van der Waals surface area contributed by atoms with Crippen molar-refractivity contribution >= 4 is 29.4 Å². The van der Waals surface area contributed by atoms with Gasteiger partial charge < -0.3 is 9.84 Å². The Morgan fingerprint density at radius 3 is 2.28 bits per heavy atom. The first-order valence-electron chi connectivity index (χ1n) is 8.79. The Labute approximate surface area is 173 Å². The number of phenolic OH excluding ortho intramolecular Hbond substituents is 1. The van der Waals surface area contributed by atoms with Gasteiger partial charge in [0.05, 0.1) is 0 Å². The number of anilines is 1. The first-order valence-corrected chi connectivity index (χ1v) is 10.0. The largest absolute Gasteiger partial charge is 0.508 e. The monoisotopic (exact) mass is 416 g/mol. The lowest BCUT2D eigenvalue weighted by Gasteiger charge is -2.31. The van der Waals surface area contributed by atoms with Crippen molar-refractivity contribution in [1.82, 2.24) is 5.48 Å². The summed E-state index contributed by atoms with van der Waals surface area (Å²) >= 11 is 1.60. The van der Waals surface area contributed by atoms with E-state index in [1.165, 1.54) is 23.7 Å². The summed E-state index contributed by atoms with van der Waals surface area (Å²) in [6.45, 7) is 3.57. The van der Waals surface area contributed by atoms with E-state index in [4.69, 9.17) is 9.94 Å². The Hall–Kier alpha value is -2.97. The van der Waals surface area contributed by atoms with Gasteiger partial charge >= 0.3 is 6.09 Å². The highest BCUT2D eigenvalue weighted by atomic mass is 32.2. The maximum atomic E-state index is 12.5. The van der Waals surface area contributed by atoms with Crippen molar-refractivity contribution < 1.29 is 24.6 Å². The van der Waals surface area contributed by atoms with Gasteiger partial charge in [-0.15, -0.1) is 11.8 Å². The second-order valence-corrected chi connectivity index (χ2v) is 7.74. The van der Waals surface area contributed by atoms with E-state index in [1.54, 1.807) is 49.9 Å². The summed E-state index contributed by atoms with van der Waals surface area (Å²) in [7, 11) is 0. The summed E-state index contributed by atoms with van der Waals surface area (Å²) in [4.78, 5) is 25.0. The lowest BCUT2D eigenvalue weighted by atomic mass is 9.82. The lowest BCUT2D eigenvalue weighted by Crippen LogP contribution is -2.28. The van der Waals surface area contributed by atoms with Gasteiger partial charge in [0.25, 0.3) is 5.91 Å². The molecule has 0 radical (unpaired) electrons. The van der Waals surface area contributed by atoms with E-state index >= 15 is 0 Å². The summed E-state index contributed by atoms with van der Waals surface area (Å²) < 4.78 is 5.69. The molecular formula is C21H24N2O5S. The van der Waals surface area contributed by atoms with Crippen molar-refractivity contribution in [3.8, 4) is 5.75 Å². The Morgan fingerprint density at radius 1 is 1.10 bits per heavy atom. The highest BCUT2D eigenvalue weighted by Gasteiger charge is 2.32. The molecule has 2 aromatic rings. The number of thioether (sulfide) groups is 1. The molecule has 0 fully saturated rings. The molecule has 0 aliphatic carbocycles. The predicted molar refractivity (Wildman–Crippen MR) is 112 cm³/mol. The number of carbonyl (C=O) groups excluding carboxylic acids is 2. The second kappa shape index (κ2) is 9.99. The van der Waals surface area contributed by atoms with Crippen molar-refractivity contribution in [2.75, 3.05) is 11.6 Å². The molecule has 0 saturated heterocycles. The van der Waals surface area contributed by atoms with Crippen LogP contribution in [0.1, 0.15) is 25.5 Å². The molecule has 0 saturated carbocycles. The number of phenols is 1. The lowest BCUT2D eigenvalue weighted by molar-refractivity contribution is -0.124. The molecule has 154 valence electrons. The average Bonchev–Trinajstić information content (AvgIpc) is 2.71. The van der Waals surface area contributed by atoms with Gasteiger partial charge in [-0.05, 0) is 48.2 Å². The van der Waals surface area contributed by atoms with Crippen LogP contribution < -0.4 is 10.8 Å². The van der Waals surface area contributed by atoms with Crippen LogP contribution in [0.4, 0.5) is 10.5 Å². The Kier molecular flexibility index (Phi) is 7.69. The quantitative estimate of drug-likeness (QED) is 0.229. The summed E-state index contributed by atoms with van der Waals surface area (Å²) in [5.74, 6) is -0.611. The minimum Gasteiger partial charge on any atom is -0.508 e. The van der Waals surface area contributed by atoms with Gasteiger partial charge in [-0.3, -0.25) is 15.3 Å². The van der Waals surface area contributed by atoms with Crippen LogP contribution in [0.5, 0.6) is 5.75 Å². The first kappa shape index (κ1) is 22.3. The van der Waals surface area contributed by atoms with Gasteiger partial charge in [0, 0.05) is 22.1 Å². The zero-order valence-electron chi connectivity index (χ0n) is 16.4. The van der Waals surface area contributed by atoms with Crippen molar-refractivity contribution in [2.24, 2.45) is 5.41 Å². The molecule has 0 aromatic heterocycles. The van der Waals surface area contributed by atoms with E-state index < -0.39 is 23.5 Å². The summed E-state index contributed by atoms with van der Waals surface area (Å²) in [5, 5.41) is 20.9. The normalized spacial score (nSPS) is 12.4. The molecule has 0 unspecified atom stereocenters. The van der Waals surface area contributed by atoms with Crippen LogP contribution in [0.15, 0.2) is 65.6 Å². The first-order chi connectivity index (χ1) is 13.7. The molecule has 0 heterocycles. The van der Waals surface area contributed by atoms with Gasteiger partial charge in [0.2, 0.25) is 0 Å². The number of benzene rings is 2. The van der Waals surface area contributed by atoms with Crippen LogP contribution in [0, 0.1) is 5.41 Å². The maximum absolute atomic E-state index is 12.5. The van der Waals surface area contributed by atoms with E-state index in [2.05, 4.69) is 5.32 Å². The van der Waals surface area contributed by atoms with Crippen molar-refractivity contribution in [2.45, 2.75) is 24.8 Å². The number of carbonyl (C=O) groups is 2. The number of hydrogen-bond donors (Lipinski definition) is 4. The van der Waals surface area contributed by atoms with Gasteiger partial charge in [-0.2, -0.15) is 0 Å². The van der Waals surface area contributed by atoms with Crippen LogP contribution in [0.3, 0.4) is 0 Å². The molecule has 2 amide bonds. The zero-order valence-corrected chi connectivity index (χ0v) is 17.2. The molecule has 0 aliphatic rings. The average molecular weight is 416 g/mol. The number of nitrogens with one attached hydrogen (secondary N) is 2. The van der Waals surface area contributed by atoms with Gasteiger partial charge in [0.1, 0.15) is 11.9 Å².